The summed E-state index contributed by atoms with van der Waals surface area (Å²) in [5.74, 6) is 0.721. The third-order valence-electron chi connectivity index (χ3n) is 2.63. The second-order valence-corrected chi connectivity index (χ2v) is 6.27. The molecule has 1 aromatic heterocycles. The summed E-state index contributed by atoms with van der Waals surface area (Å²) in [5, 5.41) is 9.13. The molecule has 8 heteroatoms. The van der Waals surface area contributed by atoms with Gasteiger partial charge < -0.3 is 5.32 Å². The monoisotopic (exact) mass is 258 g/mol. The molecule has 0 bridgehead atoms. The molecule has 0 radical (unpaired) electrons. The Balaban J connectivity index is 1.89. The van der Waals surface area contributed by atoms with Gasteiger partial charge in [0.05, 0.1) is 17.7 Å². The molecule has 1 atom stereocenters. The first-order valence-corrected chi connectivity index (χ1v) is 7.04. The Kier molecular flexibility index (Phi) is 3.05. The zero-order chi connectivity index (χ0) is 12.5. The van der Waals surface area contributed by atoms with Crippen molar-refractivity contribution >= 4 is 21.7 Å². The Hall–Kier alpha value is -1.57. The molecule has 1 saturated heterocycles. The van der Waals surface area contributed by atoms with E-state index in [2.05, 4.69) is 15.7 Å². The first-order chi connectivity index (χ1) is 7.96. The first kappa shape index (κ1) is 11.9. The lowest BCUT2D eigenvalue weighted by molar-refractivity contribution is 0.249. The van der Waals surface area contributed by atoms with Crippen LogP contribution in [0.1, 0.15) is 6.42 Å². The molecule has 94 valence electrons. The zero-order valence-corrected chi connectivity index (χ0v) is 10.2. The number of urea groups is 1. The van der Waals surface area contributed by atoms with Gasteiger partial charge in [-0.2, -0.15) is 5.10 Å². The second kappa shape index (κ2) is 4.36. The van der Waals surface area contributed by atoms with Gasteiger partial charge in [-0.3, -0.25) is 10.00 Å². The number of nitrogens with zero attached hydrogens (tertiary/aromatic N) is 2. The van der Waals surface area contributed by atoms with E-state index in [1.54, 1.807) is 19.3 Å². The fraction of sp³-hybridized carbons (Fsp3) is 0.556. The van der Waals surface area contributed by atoms with Crippen molar-refractivity contribution < 1.29 is 13.2 Å². The smallest absolute Gasteiger partial charge is 0.320 e. The minimum atomic E-state index is -2.97. The number of aryl methyl sites for hydroxylation is 1. The van der Waals surface area contributed by atoms with Crippen LogP contribution in [0.4, 0.5) is 10.6 Å². The highest BCUT2D eigenvalue weighted by Gasteiger charge is 2.28. The average Bonchev–Trinajstić information content (AvgIpc) is 2.74. The van der Waals surface area contributed by atoms with Gasteiger partial charge in [-0.15, -0.1) is 0 Å². The van der Waals surface area contributed by atoms with Gasteiger partial charge in [0, 0.05) is 19.2 Å². The highest BCUT2D eigenvalue weighted by molar-refractivity contribution is 7.91. The summed E-state index contributed by atoms with van der Waals surface area (Å²) in [5.41, 5.74) is 0. The first-order valence-electron chi connectivity index (χ1n) is 5.22. The molecular weight excluding hydrogens is 244 g/mol. The van der Waals surface area contributed by atoms with E-state index in [0.29, 0.717) is 12.2 Å². The van der Waals surface area contributed by atoms with E-state index in [0.717, 1.165) is 0 Å². The van der Waals surface area contributed by atoms with E-state index in [1.165, 1.54) is 4.68 Å². The summed E-state index contributed by atoms with van der Waals surface area (Å²) in [6, 6.07) is 0.953. The summed E-state index contributed by atoms with van der Waals surface area (Å²) in [4.78, 5) is 11.6. The molecule has 7 nitrogen and oxygen atoms in total. The van der Waals surface area contributed by atoms with Crippen molar-refractivity contribution in [1.29, 1.82) is 0 Å². The summed E-state index contributed by atoms with van der Waals surface area (Å²) in [7, 11) is -1.27. The standard InChI is InChI=1S/C9H14N4O3S/c1-13-8(2-4-10-13)12-9(14)11-7-3-5-17(15,16)6-7/h2,4,7H,3,5-6H2,1H3,(H2,11,12,14). The number of hydrogen-bond acceptors (Lipinski definition) is 4. The van der Waals surface area contributed by atoms with Crippen molar-refractivity contribution in [2.24, 2.45) is 7.05 Å². The second-order valence-electron chi connectivity index (χ2n) is 4.04. The largest absolute Gasteiger partial charge is 0.334 e. The van der Waals surface area contributed by atoms with Crippen LogP contribution in [0.5, 0.6) is 0 Å². The van der Waals surface area contributed by atoms with Gasteiger partial charge in [-0.25, -0.2) is 13.2 Å². The Morgan fingerprint density at radius 3 is 2.88 bits per heavy atom. The molecule has 2 heterocycles. The van der Waals surface area contributed by atoms with E-state index in [9.17, 15) is 13.2 Å². The maximum absolute atomic E-state index is 11.6. The Labute approximate surface area is 99.1 Å². The number of hydrogen-bond donors (Lipinski definition) is 2. The van der Waals surface area contributed by atoms with Crippen LogP contribution in [-0.4, -0.2) is 41.8 Å². The van der Waals surface area contributed by atoms with Crippen LogP contribution in [0.25, 0.3) is 0 Å². The molecule has 2 rings (SSSR count). The Morgan fingerprint density at radius 2 is 2.35 bits per heavy atom. The fourth-order valence-electron chi connectivity index (χ4n) is 1.74. The summed E-state index contributed by atoms with van der Waals surface area (Å²) >= 11 is 0. The molecule has 1 aliphatic rings. The maximum atomic E-state index is 11.6. The minimum absolute atomic E-state index is 0.0196. The van der Waals surface area contributed by atoms with E-state index >= 15 is 0 Å². The normalized spacial score (nSPS) is 22.3. The lowest BCUT2D eigenvalue weighted by Crippen LogP contribution is -2.38. The van der Waals surface area contributed by atoms with Gasteiger partial charge in [0.1, 0.15) is 5.82 Å². The van der Waals surface area contributed by atoms with Crippen LogP contribution >= 0.6 is 0 Å². The maximum Gasteiger partial charge on any atom is 0.320 e. The molecule has 0 saturated carbocycles. The molecule has 1 aromatic rings. The number of carbonyl (C=O) groups is 1. The number of aromatic nitrogens is 2. The molecule has 1 fully saturated rings. The molecule has 1 aliphatic heterocycles. The van der Waals surface area contributed by atoms with Crippen LogP contribution in [0.2, 0.25) is 0 Å². The van der Waals surface area contributed by atoms with E-state index < -0.39 is 15.9 Å². The van der Waals surface area contributed by atoms with Gasteiger partial charge in [0.25, 0.3) is 0 Å². The number of rotatable bonds is 2. The zero-order valence-electron chi connectivity index (χ0n) is 9.38. The highest BCUT2D eigenvalue weighted by Crippen LogP contribution is 2.11. The Morgan fingerprint density at radius 1 is 1.59 bits per heavy atom. The van der Waals surface area contributed by atoms with Crippen molar-refractivity contribution in [2.45, 2.75) is 12.5 Å². The molecule has 17 heavy (non-hydrogen) atoms. The van der Waals surface area contributed by atoms with Crippen LogP contribution in [0, 0.1) is 0 Å². The lowest BCUT2D eigenvalue weighted by Gasteiger charge is -2.11. The molecular formula is C9H14N4O3S. The van der Waals surface area contributed by atoms with Crippen molar-refractivity contribution in [2.75, 3.05) is 16.8 Å². The van der Waals surface area contributed by atoms with Crippen molar-refractivity contribution in [3.63, 3.8) is 0 Å². The molecule has 0 aliphatic carbocycles. The number of nitrogens with one attached hydrogen (secondary N) is 2. The van der Waals surface area contributed by atoms with Gasteiger partial charge in [-0.1, -0.05) is 0 Å². The van der Waals surface area contributed by atoms with Gasteiger partial charge in [0.2, 0.25) is 0 Å². The molecule has 1 unspecified atom stereocenters. The highest BCUT2D eigenvalue weighted by atomic mass is 32.2. The summed E-state index contributed by atoms with van der Waals surface area (Å²) in [6.07, 6.45) is 2.04. The lowest BCUT2D eigenvalue weighted by atomic mass is 10.3. The molecule has 0 aromatic carbocycles. The average molecular weight is 258 g/mol. The van der Waals surface area contributed by atoms with E-state index in [1.807, 2.05) is 0 Å². The molecule has 2 N–H and O–H groups in total. The van der Waals surface area contributed by atoms with Gasteiger partial charge in [-0.05, 0) is 6.42 Å². The number of anilines is 1. The quantitative estimate of drug-likeness (QED) is 0.763. The van der Waals surface area contributed by atoms with Crippen LogP contribution in [-0.2, 0) is 16.9 Å². The number of carbonyl (C=O) groups excluding carboxylic acids is 1. The van der Waals surface area contributed by atoms with E-state index in [-0.39, 0.29) is 17.5 Å². The van der Waals surface area contributed by atoms with E-state index in [4.69, 9.17) is 0 Å². The number of amides is 2. The van der Waals surface area contributed by atoms with Crippen molar-refractivity contribution in [3.8, 4) is 0 Å². The van der Waals surface area contributed by atoms with Crippen LogP contribution in [0.3, 0.4) is 0 Å². The summed E-state index contributed by atoms with van der Waals surface area (Å²) in [6.45, 7) is 0. The van der Waals surface area contributed by atoms with Crippen LogP contribution in [0.15, 0.2) is 12.3 Å². The van der Waals surface area contributed by atoms with Gasteiger partial charge >= 0.3 is 6.03 Å². The number of sulfone groups is 1. The van der Waals surface area contributed by atoms with Gasteiger partial charge in [0.15, 0.2) is 9.84 Å². The molecule has 0 spiro atoms. The SMILES string of the molecule is Cn1nccc1NC(=O)NC1CCS(=O)(=O)C1. The predicted octanol–water partition coefficient (Wildman–Crippen LogP) is -0.271. The Bertz CT molecular complexity index is 522. The van der Waals surface area contributed by atoms with Crippen molar-refractivity contribution in [1.82, 2.24) is 15.1 Å². The summed E-state index contributed by atoms with van der Waals surface area (Å²) < 4.78 is 23.9. The third-order valence-corrected chi connectivity index (χ3v) is 4.40. The predicted molar refractivity (Wildman–Crippen MR) is 62.4 cm³/mol. The topological polar surface area (TPSA) is 93.1 Å². The van der Waals surface area contributed by atoms with Crippen LogP contribution < -0.4 is 10.6 Å². The minimum Gasteiger partial charge on any atom is -0.334 e. The van der Waals surface area contributed by atoms with Crippen molar-refractivity contribution in [3.05, 3.63) is 12.3 Å². The molecule has 2 amide bonds. The fourth-order valence-corrected chi connectivity index (χ4v) is 3.42. The third kappa shape index (κ3) is 2.96.